The second kappa shape index (κ2) is 8.35. The van der Waals surface area contributed by atoms with Gasteiger partial charge >= 0.3 is 0 Å². The zero-order valence-electron chi connectivity index (χ0n) is 14.5. The molecule has 1 aliphatic rings. The molecule has 0 bridgehead atoms. The third-order valence-corrected chi connectivity index (χ3v) is 3.96. The number of hydrogen-bond donors (Lipinski definition) is 2. The van der Waals surface area contributed by atoms with E-state index in [-0.39, 0.29) is 19.1 Å². The number of hydrazone groups is 1. The highest BCUT2D eigenvalue weighted by atomic mass is 16.6. The number of benzene rings is 2. The Bertz CT molecular complexity index is 777. The van der Waals surface area contributed by atoms with Crippen molar-refractivity contribution < 1.29 is 19.4 Å². The number of fused-ring (bicyclic) bond motifs is 1. The van der Waals surface area contributed by atoms with Crippen LogP contribution in [0.5, 0.6) is 11.5 Å². The van der Waals surface area contributed by atoms with Crippen LogP contribution < -0.4 is 19.8 Å². The Kier molecular flexibility index (Phi) is 5.70. The van der Waals surface area contributed by atoms with Crippen LogP contribution >= 0.6 is 0 Å². The standard InChI is InChI=1S/C19H21N3O4/c1-22(10-11-23)15-8-6-14(7-9-15)12-20-21-19(24)18-13-25-16-4-2-3-5-17(16)26-18/h2-9,12,18,23H,10-11,13H2,1H3,(H,21,24). The van der Waals surface area contributed by atoms with E-state index in [1.807, 2.05) is 48.3 Å². The summed E-state index contributed by atoms with van der Waals surface area (Å²) in [5, 5.41) is 12.9. The Morgan fingerprint density at radius 1 is 1.27 bits per heavy atom. The zero-order chi connectivity index (χ0) is 18.4. The van der Waals surface area contributed by atoms with Crippen molar-refractivity contribution in [3.8, 4) is 11.5 Å². The first kappa shape index (κ1) is 17.8. The summed E-state index contributed by atoms with van der Waals surface area (Å²) >= 11 is 0. The maximum atomic E-state index is 12.2. The average Bonchev–Trinajstić information content (AvgIpc) is 2.68. The Morgan fingerprint density at radius 3 is 2.73 bits per heavy atom. The predicted octanol–water partition coefficient (Wildman–Crippen LogP) is 1.41. The lowest BCUT2D eigenvalue weighted by atomic mass is 10.2. The highest BCUT2D eigenvalue weighted by Gasteiger charge is 2.26. The van der Waals surface area contributed by atoms with Gasteiger partial charge in [-0.2, -0.15) is 5.10 Å². The van der Waals surface area contributed by atoms with Gasteiger partial charge in [-0.15, -0.1) is 0 Å². The van der Waals surface area contributed by atoms with E-state index in [9.17, 15) is 4.79 Å². The molecule has 1 atom stereocenters. The maximum absolute atomic E-state index is 12.2. The molecule has 2 aromatic carbocycles. The van der Waals surface area contributed by atoms with Gasteiger partial charge in [0.15, 0.2) is 11.5 Å². The van der Waals surface area contributed by atoms with Crippen molar-refractivity contribution in [2.24, 2.45) is 5.10 Å². The van der Waals surface area contributed by atoms with Crippen LogP contribution in [0.15, 0.2) is 53.6 Å². The van der Waals surface area contributed by atoms with E-state index >= 15 is 0 Å². The van der Waals surface area contributed by atoms with Gasteiger partial charge in [-0.25, -0.2) is 5.43 Å². The van der Waals surface area contributed by atoms with Crippen molar-refractivity contribution in [1.29, 1.82) is 0 Å². The van der Waals surface area contributed by atoms with Crippen LogP contribution in [0.1, 0.15) is 5.56 Å². The van der Waals surface area contributed by atoms with Gasteiger partial charge in [-0.3, -0.25) is 4.79 Å². The van der Waals surface area contributed by atoms with E-state index < -0.39 is 6.10 Å². The second-order valence-corrected chi connectivity index (χ2v) is 5.84. The van der Waals surface area contributed by atoms with Crippen LogP contribution in [0.4, 0.5) is 5.69 Å². The smallest absolute Gasteiger partial charge is 0.284 e. The molecule has 0 aliphatic carbocycles. The maximum Gasteiger partial charge on any atom is 0.284 e. The molecule has 2 aromatic rings. The normalized spacial score (nSPS) is 15.7. The summed E-state index contributed by atoms with van der Waals surface area (Å²) in [6.45, 7) is 0.809. The first-order chi connectivity index (χ1) is 12.7. The monoisotopic (exact) mass is 355 g/mol. The van der Waals surface area contributed by atoms with Crippen LogP contribution in [0, 0.1) is 0 Å². The number of carbonyl (C=O) groups excluding carboxylic acids is 1. The molecule has 1 heterocycles. The topological polar surface area (TPSA) is 83.4 Å². The molecule has 1 unspecified atom stereocenters. The Labute approximate surface area is 151 Å². The number of carbonyl (C=O) groups is 1. The van der Waals surface area contributed by atoms with Gasteiger partial charge in [0, 0.05) is 19.3 Å². The number of likely N-dealkylation sites (N-methyl/N-ethyl adjacent to an activating group) is 1. The highest BCUT2D eigenvalue weighted by Crippen LogP contribution is 2.30. The third kappa shape index (κ3) is 4.31. The van der Waals surface area contributed by atoms with Crippen molar-refractivity contribution in [2.75, 3.05) is 31.7 Å². The van der Waals surface area contributed by atoms with Crippen molar-refractivity contribution in [3.63, 3.8) is 0 Å². The number of ether oxygens (including phenoxy) is 2. The molecule has 7 nitrogen and oxygen atoms in total. The van der Waals surface area contributed by atoms with Gasteiger partial charge in [-0.1, -0.05) is 24.3 Å². The summed E-state index contributed by atoms with van der Waals surface area (Å²) in [5.74, 6) is 0.812. The predicted molar refractivity (Wildman–Crippen MR) is 98.9 cm³/mol. The molecule has 2 N–H and O–H groups in total. The number of nitrogens with zero attached hydrogens (tertiary/aromatic N) is 2. The molecule has 0 radical (unpaired) electrons. The van der Waals surface area contributed by atoms with E-state index in [1.54, 1.807) is 18.3 Å². The number of aliphatic hydroxyl groups excluding tert-OH is 1. The molecule has 0 saturated carbocycles. The molecule has 3 rings (SSSR count). The van der Waals surface area contributed by atoms with Gasteiger partial charge in [0.25, 0.3) is 5.91 Å². The molecule has 0 spiro atoms. The van der Waals surface area contributed by atoms with Crippen molar-refractivity contribution >= 4 is 17.8 Å². The van der Waals surface area contributed by atoms with Crippen molar-refractivity contribution in [3.05, 3.63) is 54.1 Å². The molecule has 136 valence electrons. The van der Waals surface area contributed by atoms with Crippen LogP contribution in [0.2, 0.25) is 0 Å². The van der Waals surface area contributed by atoms with Crippen LogP contribution in [-0.2, 0) is 4.79 Å². The summed E-state index contributed by atoms with van der Waals surface area (Å²) in [6, 6.07) is 14.8. The number of rotatable bonds is 6. The van der Waals surface area contributed by atoms with Gasteiger partial charge in [-0.05, 0) is 29.8 Å². The largest absolute Gasteiger partial charge is 0.485 e. The molecule has 26 heavy (non-hydrogen) atoms. The molecule has 0 saturated heterocycles. The first-order valence-electron chi connectivity index (χ1n) is 8.31. The Balaban J connectivity index is 1.53. The van der Waals surface area contributed by atoms with Crippen LogP contribution in [-0.4, -0.2) is 50.1 Å². The lowest BCUT2D eigenvalue weighted by Crippen LogP contribution is -2.42. The number of aliphatic hydroxyl groups is 1. The summed E-state index contributed by atoms with van der Waals surface area (Å²) in [4.78, 5) is 14.1. The van der Waals surface area contributed by atoms with E-state index in [1.165, 1.54) is 0 Å². The van der Waals surface area contributed by atoms with E-state index in [0.717, 1.165) is 11.3 Å². The molecule has 1 aliphatic heterocycles. The fourth-order valence-corrected chi connectivity index (χ4v) is 2.49. The third-order valence-electron chi connectivity index (χ3n) is 3.96. The summed E-state index contributed by atoms with van der Waals surface area (Å²) < 4.78 is 11.1. The minimum atomic E-state index is -0.739. The van der Waals surface area contributed by atoms with Crippen LogP contribution in [0.3, 0.4) is 0 Å². The average molecular weight is 355 g/mol. The number of para-hydroxylation sites is 2. The summed E-state index contributed by atoms with van der Waals surface area (Å²) in [5.41, 5.74) is 4.31. The number of hydrogen-bond acceptors (Lipinski definition) is 6. The minimum Gasteiger partial charge on any atom is -0.485 e. The van der Waals surface area contributed by atoms with E-state index in [2.05, 4.69) is 10.5 Å². The van der Waals surface area contributed by atoms with E-state index in [4.69, 9.17) is 14.6 Å². The van der Waals surface area contributed by atoms with Crippen molar-refractivity contribution in [1.82, 2.24) is 5.43 Å². The Hall–Kier alpha value is -3.06. The number of anilines is 1. The van der Waals surface area contributed by atoms with Crippen LogP contribution in [0.25, 0.3) is 0 Å². The SMILES string of the molecule is CN(CCO)c1ccc(C=NNC(=O)C2COc3ccccc3O2)cc1. The minimum absolute atomic E-state index is 0.100. The number of nitrogens with one attached hydrogen (secondary N) is 1. The molecular weight excluding hydrogens is 334 g/mol. The number of amides is 1. The van der Waals surface area contributed by atoms with Crippen molar-refractivity contribution in [2.45, 2.75) is 6.10 Å². The van der Waals surface area contributed by atoms with Gasteiger partial charge < -0.3 is 19.5 Å². The second-order valence-electron chi connectivity index (χ2n) is 5.84. The molecule has 7 heteroatoms. The first-order valence-corrected chi connectivity index (χ1v) is 8.31. The molecular formula is C19H21N3O4. The fourth-order valence-electron chi connectivity index (χ4n) is 2.49. The van der Waals surface area contributed by atoms with Gasteiger partial charge in [0.2, 0.25) is 6.10 Å². The quantitative estimate of drug-likeness (QED) is 0.605. The van der Waals surface area contributed by atoms with Gasteiger partial charge in [0.05, 0.1) is 12.8 Å². The van der Waals surface area contributed by atoms with Gasteiger partial charge in [0.1, 0.15) is 6.61 Å². The molecule has 0 fully saturated rings. The Morgan fingerprint density at radius 2 is 2.00 bits per heavy atom. The highest BCUT2D eigenvalue weighted by molar-refractivity contribution is 5.85. The summed E-state index contributed by atoms with van der Waals surface area (Å²) in [7, 11) is 1.91. The summed E-state index contributed by atoms with van der Waals surface area (Å²) in [6.07, 6.45) is 0.822. The van der Waals surface area contributed by atoms with E-state index in [0.29, 0.717) is 18.0 Å². The fraction of sp³-hybridized carbons (Fsp3) is 0.263. The lowest BCUT2D eigenvalue weighted by molar-refractivity contribution is -0.130. The molecule has 0 aromatic heterocycles. The lowest BCUT2D eigenvalue weighted by Gasteiger charge is -2.24. The zero-order valence-corrected chi connectivity index (χ0v) is 14.5. The molecule has 1 amide bonds.